The standard InChI is InChI=1S/C22H34N2O4S/c1-6-10-19(20(26)28-22(3,4)5)23-21(27)24(15-16-29-17(2)25)14-13-18-11-8-7-9-12-18/h7-9,11-12,19H,6,10,13-16H2,1-5H3,(H,23,27)/t19-/m0/s1. The topological polar surface area (TPSA) is 75.7 Å². The first kappa shape index (κ1) is 25.0. The van der Waals surface area contributed by atoms with Gasteiger partial charge >= 0.3 is 12.0 Å². The van der Waals surface area contributed by atoms with Gasteiger partial charge in [-0.2, -0.15) is 0 Å². The van der Waals surface area contributed by atoms with Crippen molar-refractivity contribution in [2.45, 2.75) is 65.5 Å². The highest BCUT2D eigenvalue weighted by Gasteiger charge is 2.27. The summed E-state index contributed by atoms with van der Waals surface area (Å²) in [7, 11) is 0. The van der Waals surface area contributed by atoms with Gasteiger partial charge in [0.15, 0.2) is 5.12 Å². The van der Waals surface area contributed by atoms with Crippen molar-refractivity contribution in [2.75, 3.05) is 18.8 Å². The van der Waals surface area contributed by atoms with Crippen LogP contribution in [0.2, 0.25) is 0 Å². The Balaban J connectivity index is 2.79. The SMILES string of the molecule is CCC[C@H](NC(=O)N(CCSC(C)=O)CCc1ccccc1)C(=O)OC(C)(C)C. The molecule has 0 saturated carbocycles. The van der Waals surface area contributed by atoms with Crippen molar-refractivity contribution in [1.29, 1.82) is 0 Å². The van der Waals surface area contributed by atoms with E-state index in [1.807, 2.05) is 37.3 Å². The number of thioether (sulfide) groups is 1. The number of carbonyl (C=O) groups excluding carboxylic acids is 3. The second-order valence-electron chi connectivity index (χ2n) is 7.89. The third-order valence-electron chi connectivity index (χ3n) is 4.03. The van der Waals surface area contributed by atoms with Gasteiger partial charge in [0.05, 0.1) is 0 Å². The minimum Gasteiger partial charge on any atom is -0.458 e. The van der Waals surface area contributed by atoms with Crippen LogP contribution in [-0.2, 0) is 20.7 Å². The minimum absolute atomic E-state index is 0.0195. The molecule has 0 aliphatic rings. The second kappa shape index (κ2) is 12.5. The number of hydrogen-bond donors (Lipinski definition) is 1. The van der Waals surface area contributed by atoms with Crippen LogP contribution in [0.3, 0.4) is 0 Å². The van der Waals surface area contributed by atoms with E-state index in [-0.39, 0.29) is 11.1 Å². The molecule has 0 aromatic heterocycles. The van der Waals surface area contributed by atoms with Crippen LogP contribution in [0.4, 0.5) is 4.79 Å². The van der Waals surface area contributed by atoms with E-state index in [2.05, 4.69) is 5.32 Å². The Bertz CT molecular complexity index is 659. The molecule has 1 aromatic rings. The van der Waals surface area contributed by atoms with Crippen molar-refractivity contribution in [3.8, 4) is 0 Å². The van der Waals surface area contributed by atoms with E-state index in [4.69, 9.17) is 4.74 Å². The predicted octanol–water partition coefficient (Wildman–Crippen LogP) is 4.03. The molecule has 0 fully saturated rings. The lowest BCUT2D eigenvalue weighted by Gasteiger charge is -2.28. The van der Waals surface area contributed by atoms with Crippen LogP contribution >= 0.6 is 11.8 Å². The zero-order valence-corrected chi connectivity index (χ0v) is 19.0. The fourth-order valence-electron chi connectivity index (χ4n) is 2.67. The molecule has 6 nitrogen and oxygen atoms in total. The van der Waals surface area contributed by atoms with Crippen LogP contribution in [0.15, 0.2) is 30.3 Å². The van der Waals surface area contributed by atoms with E-state index >= 15 is 0 Å². The Morgan fingerprint density at radius 3 is 2.34 bits per heavy atom. The number of carbonyl (C=O) groups is 3. The first-order valence-corrected chi connectivity index (χ1v) is 11.1. The van der Waals surface area contributed by atoms with Crippen LogP contribution in [0.5, 0.6) is 0 Å². The molecule has 0 unspecified atom stereocenters. The van der Waals surface area contributed by atoms with Gasteiger partial charge in [0.25, 0.3) is 0 Å². The highest BCUT2D eigenvalue weighted by atomic mass is 32.2. The van der Waals surface area contributed by atoms with Crippen molar-refractivity contribution in [3.63, 3.8) is 0 Å². The van der Waals surface area contributed by atoms with Crippen LogP contribution < -0.4 is 5.32 Å². The molecule has 1 aromatic carbocycles. The van der Waals surface area contributed by atoms with Gasteiger partial charge in [-0.05, 0) is 39.2 Å². The van der Waals surface area contributed by atoms with Gasteiger partial charge in [0.2, 0.25) is 0 Å². The Morgan fingerprint density at radius 2 is 1.79 bits per heavy atom. The number of esters is 1. The highest BCUT2D eigenvalue weighted by molar-refractivity contribution is 8.13. The molecule has 0 saturated heterocycles. The van der Waals surface area contributed by atoms with Crippen LogP contribution in [0.1, 0.15) is 53.0 Å². The zero-order valence-electron chi connectivity index (χ0n) is 18.2. The van der Waals surface area contributed by atoms with Gasteiger partial charge in [-0.3, -0.25) is 4.79 Å². The lowest BCUT2D eigenvalue weighted by Crippen LogP contribution is -2.50. The minimum atomic E-state index is -0.689. The average molecular weight is 423 g/mol. The maximum atomic E-state index is 12.9. The number of amides is 2. The second-order valence-corrected chi connectivity index (χ2v) is 9.16. The number of ether oxygens (including phenoxy) is 1. The zero-order chi connectivity index (χ0) is 21.9. The van der Waals surface area contributed by atoms with Crippen LogP contribution in [-0.4, -0.2) is 52.5 Å². The Kier molecular flexibility index (Phi) is 10.8. The maximum Gasteiger partial charge on any atom is 0.329 e. The fraction of sp³-hybridized carbons (Fsp3) is 0.591. The van der Waals surface area contributed by atoms with E-state index in [0.717, 1.165) is 12.0 Å². The van der Waals surface area contributed by atoms with E-state index < -0.39 is 17.6 Å². The molecule has 0 aliphatic carbocycles. The van der Waals surface area contributed by atoms with Crippen molar-refractivity contribution in [1.82, 2.24) is 10.2 Å². The van der Waals surface area contributed by atoms with E-state index in [9.17, 15) is 14.4 Å². The molecule has 1 N–H and O–H groups in total. The molecule has 162 valence electrons. The highest BCUT2D eigenvalue weighted by Crippen LogP contribution is 2.12. The Morgan fingerprint density at radius 1 is 1.14 bits per heavy atom. The summed E-state index contributed by atoms with van der Waals surface area (Å²) in [6.07, 6.45) is 1.95. The monoisotopic (exact) mass is 422 g/mol. The average Bonchev–Trinajstić information content (AvgIpc) is 2.63. The molecule has 7 heteroatoms. The molecule has 2 amide bonds. The summed E-state index contributed by atoms with van der Waals surface area (Å²) in [4.78, 5) is 38.3. The number of hydrogen-bond acceptors (Lipinski definition) is 5. The van der Waals surface area contributed by atoms with Gasteiger partial charge in [0, 0.05) is 25.8 Å². The summed E-state index contributed by atoms with van der Waals surface area (Å²) in [5.41, 5.74) is 0.514. The summed E-state index contributed by atoms with van der Waals surface area (Å²) in [6.45, 7) is 9.82. The summed E-state index contributed by atoms with van der Waals surface area (Å²) >= 11 is 1.19. The smallest absolute Gasteiger partial charge is 0.329 e. The molecule has 0 spiro atoms. The molecule has 0 radical (unpaired) electrons. The summed E-state index contributed by atoms with van der Waals surface area (Å²) < 4.78 is 5.45. The molecular weight excluding hydrogens is 388 g/mol. The molecule has 0 aliphatic heterocycles. The quantitative estimate of drug-likeness (QED) is 0.576. The van der Waals surface area contributed by atoms with Crippen LogP contribution in [0, 0.1) is 0 Å². The lowest BCUT2D eigenvalue weighted by atomic mass is 10.1. The maximum absolute atomic E-state index is 12.9. The summed E-state index contributed by atoms with van der Waals surface area (Å²) in [5, 5.41) is 2.85. The Labute approximate surface area is 178 Å². The first-order valence-electron chi connectivity index (χ1n) is 10.1. The third-order valence-corrected chi connectivity index (χ3v) is 4.83. The molecule has 0 heterocycles. The first-order chi connectivity index (χ1) is 13.6. The molecule has 0 bridgehead atoms. The summed E-state index contributed by atoms with van der Waals surface area (Å²) in [6, 6.07) is 8.91. The van der Waals surface area contributed by atoms with Gasteiger partial charge < -0.3 is 15.0 Å². The Hall–Kier alpha value is -2.02. The number of benzene rings is 1. The van der Waals surface area contributed by atoms with E-state index in [1.165, 1.54) is 18.7 Å². The van der Waals surface area contributed by atoms with E-state index in [1.54, 1.807) is 25.7 Å². The number of nitrogens with zero attached hydrogens (tertiary/aromatic N) is 1. The number of nitrogens with one attached hydrogen (secondary N) is 1. The summed E-state index contributed by atoms with van der Waals surface area (Å²) in [5.74, 6) is 0.0939. The van der Waals surface area contributed by atoms with Crippen molar-refractivity contribution in [2.24, 2.45) is 0 Å². The number of urea groups is 1. The largest absolute Gasteiger partial charge is 0.458 e. The van der Waals surface area contributed by atoms with Gasteiger partial charge in [0.1, 0.15) is 11.6 Å². The third kappa shape index (κ3) is 10.9. The molecule has 1 atom stereocenters. The van der Waals surface area contributed by atoms with Gasteiger partial charge in [-0.15, -0.1) is 0 Å². The molecule has 29 heavy (non-hydrogen) atoms. The van der Waals surface area contributed by atoms with Crippen molar-refractivity contribution < 1.29 is 19.1 Å². The van der Waals surface area contributed by atoms with Crippen LogP contribution in [0.25, 0.3) is 0 Å². The van der Waals surface area contributed by atoms with Gasteiger partial charge in [-0.1, -0.05) is 55.4 Å². The molecule has 1 rings (SSSR count). The lowest BCUT2D eigenvalue weighted by molar-refractivity contribution is -0.157. The predicted molar refractivity (Wildman–Crippen MR) is 118 cm³/mol. The van der Waals surface area contributed by atoms with Gasteiger partial charge in [-0.25, -0.2) is 9.59 Å². The number of rotatable bonds is 10. The fourth-order valence-corrected chi connectivity index (χ4v) is 3.27. The normalized spacial score (nSPS) is 12.2. The molecular formula is C22H34N2O4S. The van der Waals surface area contributed by atoms with Crippen molar-refractivity contribution in [3.05, 3.63) is 35.9 Å². The van der Waals surface area contributed by atoms with Crippen molar-refractivity contribution >= 4 is 28.9 Å². The van der Waals surface area contributed by atoms with E-state index in [0.29, 0.717) is 31.7 Å².